The van der Waals surface area contributed by atoms with E-state index in [-0.39, 0.29) is 11.4 Å². The maximum atomic E-state index is 13.0. The molecule has 3 rings (SSSR count). The number of hydrogen-bond acceptors (Lipinski definition) is 4. The zero-order chi connectivity index (χ0) is 17.3. The Bertz CT molecular complexity index is 910. The number of sulfonamides is 1. The molecule has 2 aromatic rings. The maximum absolute atomic E-state index is 13.0. The van der Waals surface area contributed by atoms with E-state index in [1.54, 1.807) is 42.5 Å². The second-order valence-electron chi connectivity index (χ2n) is 5.12. The molecule has 0 aromatic heterocycles. The van der Waals surface area contributed by atoms with Crippen molar-refractivity contribution in [2.75, 3.05) is 22.0 Å². The Morgan fingerprint density at radius 2 is 1.92 bits per heavy atom. The summed E-state index contributed by atoms with van der Waals surface area (Å²) in [5, 5.41) is 0. The van der Waals surface area contributed by atoms with Gasteiger partial charge in [0.2, 0.25) is 0 Å². The molecule has 0 saturated heterocycles. The van der Waals surface area contributed by atoms with E-state index in [1.807, 2.05) is 12.3 Å². The third kappa shape index (κ3) is 2.59. The summed E-state index contributed by atoms with van der Waals surface area (Å²) >= 11 is 1.48. The minimum atomic E-state index is -3.96. The Kier molecular flexibility index (Phi) is 4.38. The number of nitrogens with zero attached hydrogens (tertiary/aromatic N) is 2. The highest BCUT2D eigenvalue weighted by molar-refractivity contribution is 7.98. The van der Waals surface area contributed by atoms with Crippen molar-refractivity contribution in [3.05, 3.63) is 61.2 Å². The molecule has 1 aliphatic rings. The summed E-state index contributed by atoms with van der Waals surface area (Å²) < 4.78 is 26.9. The van der Waals surface area contributed by atoms with Gasteiger partial charge in [0.05, 0.1) is 11.4 Å². The minimum absolute atomic E-state index is 0.112. The third-order valence-electron chi connectivity index (χ3n) is 3.68. The summed E-state index contributed by atoms with van der Waals surface area (Å²) in [5.74, 6) is 0. The zero-order valence-electron chi connectivity index (χ0n) is 13.0. The molecule has 2 amide bonds. The van der Waals surface area contributed by atoms with Crippen molar-refractivity contribution in [1.82, 2.24) is 0 Å². The van der Waals surface area contributed by atoms with Gasteiger partial charge in [0, 0.05) is 11.4 Å². The van der Waals surface area contributed by atoms with Gasteiger partial charge in [-0.2, -0.15) is 4.31 Å². The number of anilines is 2. The van der Waals surface area contributed by atoms with Crippen LogP contribution in [0.15, 0.2) is 71.0 Å². The highest BCUT2D eigenvalue weighted by Gasteiger charge is 2.41. The first-order valence-corrected chi connectivity index (χ1v) is 9.88. The average Bonchev–Trinajstić information content (AvgIpc) is 2.59. The van der Waals surface area contributed by atoms with E-state index < -0.39 is 16.1 Å². The van der Waals surface area contributed by atoms with Crippen molar-refractivity contribution in [3.8, 4) is 0 Å². The predicted octanol–water partition coefficient (Wildman–Crippen LogP) is 3.73. The van der Waals surface area contributed by atoms with Crippen LogP contribution in [0.25, 0.3) is 0 Å². The fourth-order valence-electron chi connectivity index (χ4n) is 2.60. The maximum Gasteiger partial charge on any atom is 0.343 e. The van der Waals surface area contributed by atoms with Gasteiger partial charge >= 0.3 is 6.03 Å². The quantitative estimate of drug-likeness (QED) is 0.616. The molecule has 0 radical (unpaired) electrons. The van der Waals surface area contributed by atoms with E-state index >= 15 is 0 Å². The van der Waals surface area contributed by atoms with Crippen LogP contribution < -0.4 is 9.21 Å². The molecule has 124 valence electrons. The Balaban J connectivity index is 2.23. The Morgan fingerprint density at radius 3 is 2.62 bits per heavy atom. The molecule has 0 N–H and O–H groups in total. The van der Waals surface area contributed by atoms with Crippen LogP contribution >= 0.6 is 11.8 Å². The average molecular weight is 360 g/mol. The van der Waals surface area contributed by atoms with Crippen molar-refractivity contribution in [2.45, 2.75) is 9.79 Å². The Labute approximate surface area is 145 Å². The highest BCUT2D eigenvalue weighted by Crippen LogP contribution is 2.37. The molecule has 1 aliphatic heterocycles. The summed E-state index contributed by atoms with van der Waals surface area (Å²) in [6.07, 6.45) is 3.47. The second kappa shape index (κ2) is 6.33. The first-order valence-electron chi connectivity index (χ1n) is 7.21. The van der Waals surface area contributed by atoms with Crippen LogP contribution in [0.3, 0.4) is 0 Å². The SMILES string of the molecule is C=CCN1C(=O)N(c2cccc(SC)c2)S(=O)(=O)c2ccccc21. The summed E-state index contributed by atoms with van der Waals surface area (Å²) in [7, 11) is -3.96. The van der Waals surface area contributed by atoms with Gasteiger partial charge < -0.3 is 0 Å². The summed E-state index contributed by atoms with van der Waals surface area (Å²) in [6.45, 7) is 3.88. The molecule has 0 unspecified atom stereocenters. The Hall–Kier alpha value is -2.25. The van der Waals surface area contributed by atoms with Crippen molar-refractivity contribution < 1.29 is 13.2 Å². The third-order valence-corrected chi connectivity index (χ3v) is 6.15. The van der Waals surface area contributed by atoms with Crippen molar-refractivity contribution in [3.63, 3.8) is 0 Å². The molecule has 0 saturated carbocycles. The van der Waals surface area contributed by atoms with Gasteiger partial charge in [0.25, 0.3) is 10.0 Å². The molecule has 0 bridgehead atoms. The number of benzene rings is 2. The van der Waals surface area contributed by atoms with E-state index in [1.165, 1.54) is 22.7 Å². The van der Waals surface area contributed by atoms with Gasteiger partial charge in [0.1, 0.15) is 4.90 Å². The lowest BCUT2D eigenvalue weighted by atomic mass is 10.2. The van der Waals surface area contributed by atoms with Crippen LogP contribution in [0.2, 0.25) is 0 Å². The molecule has 0 aliphatic carbocycles. The van der Waals surface area contributed by atoms with Crippen molar-refractivity contribution in [1.29, 1.82) is 0 Å². The van der Waals surface area contributed by atoms with E-state index in [0.717, 1.165) is 9.20 Å². The molecular weight excluding hydrogens is 344 g/mol. The van der Waals surface area contributed by atoms with Gasteiger partial charge in [0.15, 0.2) is 0 Å². The van der Waals surface area contributed by atoms with Crippen molar-refractivity contribution >= 4 is 39.2 Å². The number of carbonyl (C=O) groups excluding carboxylic acids is 1. The number of fused-ring (bicyclic) bond motifs is 1. The molecule has 7 heteroatoms. The van der Waals surface area contributed by atoms with Gasteiger partial charge in [-0.3, -0.25) is 4.90 Å². The van der Waals surface area contributed by atoms with Gasteiger partial charge in [-0.05, 0) is 36.6 Å². The summed E-state index contributed by atoms with van der Waals surface area (Å²) in [6, 6.07) is 12.8. The van der Waals surface area contributed by atoms with E-state index in [4.69, 9.17) is 0 Å². The number of thioether (sulfide) groups is 1. The monoisotopic (exact) mass is 360 g/mol. The summed E-state index contributed by atoms with van der Waals surface area (Å²) in [4.78, 5) is 15.3. The van der Waals surface area contributed by atoms with Crippen LogP contribution in [0, 0.1) is 0 Å². The molecule has 5 nitrogen and oxygen atoms in total. The smallest absolute Gasteiger partial charge is 0.288 e. The van der Waals surface area contributed by atoms with Gasteiger partial charge in [-0.15, -0.1) is 18.3 Å². The lowest BCUT2D eigenvalue weighted by Crippen LogP contribution is -2.51. The number of rotatable bonds is 4. The van der Waals surface area contributed by atoms with E-state index in [0.29, 0.717) is 11.4 Å². The largest absolute Gasteiger partial charge is 0.343 e. The van der Waals surface area contributed by atoms with E-state index in [2.05, 4.69) is 6.58 Å². The van der Waals surface area contributed by atoms with Crippen LogP contribution in [0.1, 0.15) is 0 Å². The van der Waals surface area contributed by atoms with E-state index in [9.17, 15) is 13.2 Å². The van der Waals surface area contributed by atoms with Gasteiger partial charge in [-0.25, -0.2) is 13.2 Å². The highest BCUT2D eigenvalue weighted by atomic mass is 32.2. The predicted molar refractivity (Wildman–Crippen MR) is 97.3 cm³/mol. The normalized spacial score (nSPS) is 16.0. The zero-order valence-corrected chi connectivity index (χ0v) is 14.7. The first kappa shape index (κ1) is 16.6. The fourth-order valence-corrected chi connectivity index (χ4v) is 4.64. The van der Waals surface area contributed by atoms with Crippen LogP contribution in [-0.2, 0) is 10.0 Å². The molecule has 2 aromatic carbocycles. The molecule has 0 atom stereocenters. The number of hydrogen-bond donors (Lipinski definition) is 0. The molecule has 24 heavy (non-hydrogen) atoms. The Morgan fingerprint density at radius 1 is 1.17 bits per heavy atom. The number of carbonyl (C=O) groups is 1. The van der Waals surface area contributed by atoms with Crippen molar-refractivity contribution in [2.24, 2.45) is 0 Å². The number of amides is 2. The lowest BCUT2D eigenvalue weighted by molar-refractivity contribution is 0.254. The molecular formula is C17H16N2O3S2. The fraction of sp³-hybridized carbons (Fsp3) is 0.118. The van der Waals surface area contributed by atoms with Gasteiger partial charge in [-0.1, -0.05) is 24.3 Å². The molecule has 0 fully saturated rings. The van der Waals surface area contributed by atoms with Crippen LogP contribution in [0.5, 0.6) is 0 Å². The molecule has 0 spiro atoms. The summed E-state index contributed by atoms with van der Waals surface area (Å²) in [5.41, 5.74) is 0.704. The topological polar surface area (TPSA) is 57.7 Å². The minimum Gasteiger partial charge on any atom is -0.288 e. The standard InChI is InChI=1S/C17H16N2O3S2/c1-3-11-18-15-9-4-5-10-16(15)24(21,22)19(17(18)20)13-7-6-8-14(12-13)23-2/h3-10,12H,1,11H2,2H3. The molecule has 1 heterocycles. The lowest BCUT2D eigenvalue weighted by Gasteiger charge is -2.35. The van der Waals surface area contributed by atoms with Crippen LogP contribution in [-0.4, -0.2) is 27.2 Å². The number of urea groups is 1. The second-order valence-corrected chi connectivity index (χ2v) is 7.76. The number of para-hydroxylation sites is 1. The first-order chi connectivity index (χ1) is 11.5. The van der Waals surface area contributed by atoms with Crippen LogP contribution in [0.4, 0.5) is 16.2 Å².